The highest BCUT2D eigenvalue weighted by Gasteiger charge is 2.25. The average Bonchev–Trinajstić information content (AvgIpc) is 2.75. The minimum absolute atomic E-state index is 0.00913. The van der Waals surface area contributed by atoms with Gasteiger partial charge in [-0.05, 0) is 48.7 Å². The summed E-state index contributed by atoms with van der Waals surface area (Å²) < 4.78 is 13.6. The number of carboxylic acid groups (broad SMARTS) is 1. The van der Waals surface area contributed by atoms with Gasteiger partial charge in [0.15, 0.2) is 0 Å². The molecule has 0 aromatic heterocycles. The van der Waals surface area contributed by atoms with E-state index in [2.05, 4.69) is 24.0 Å². The Hall–Kier alpha value is -2.36. The number of hydrogen-bond acceptors (Lipinski definition) is 2. The first kappa shape index (κ1) is 13.6. The molecule has 4 heteroatoms. The molecule has 0 saturated heterocycles. The van der Waals surface area contributed by atoms with Gasteiger partial charge in [0.25, 0.3) is 0 Å². The molecule has 1 atom stereocenters. The highest BCUT2D eigenvalue weighted by atomic mass is 19.1. The van der Waals surface area contributed by atoms with Crippen molar-refractivity contribution in [1.29, 1.82) is 0 Å². The lowest BCUT2D eigenvalue weighted by molar-refractivity contribution is 0.0696. The van der Waals surface area contributed by atoms with Gasteiger partial charge in [0.2, 0.25) is 0 Å². The van der Waals surface area contributed by atoms with Crippen LogP contribution in [0, 0.1) is 5.82 Å². The first-order valence-corrected chi connectivity index (χ1v) is 6.92. The van der Waals surface area contributed by atoms with Crippen LogP contribution in [0.3, 0.4) is 0 Å². The molecule has 0 aliphatic carbocycles. The third kappa shape index (κ3) is 2.61. The summed E-state index contributed by atoms with van der Waals surface area (Å²) in [6, 6.07) is 12.5. The average molecular weight is 285 g/mol. The molecule has 2 aromatic rings. The second kappa shape index (κ2) is 5.20. The Morgan fingerprint density at radius 1 is 1.33 bits per heavy atom. The molecule has 1 aliphatic heterocycles. The highest BCUT2D eigenvalue weighted by molar-refractivity contribution is 5.87. The van der Waals surface area contributed by atoms with Crippen LogP contribution in [0.5, 0.6) is 0 Å². The number of hydrogen-bond donors (Lipinski definition) is 1. The van der Waals surface area contributed by atoms with E-state index in [-0.39, 0.29) is 5.56 Å². The first-order valence-electron chi connectivity index (χ1n) is 6.92. The molecule has 0 radical (unpaired) electrons. The van der Waals surface area contributed by atoms with Crippen LogP contribution in [0.4, 0.5) is 10.1 Å². The third-order valence-electron chi connectivity index (χ3n) is 3.91. The summed E-state index contributed by atoms with van der Waals surface area (Å²) in [5.74, 6) is -1.62. The van der Waals surface area contributed by atoms with Crippen molar-refractivity contribution >= 4 is 11.7 Å². The van der Waals surface area contributed by atoms with Gasteiger partial charge in [-0.1, -0.05) is 18.2 Å². The van der Waals surface area contributed by atoms with Crippen LogP contribution in [0.15, 0.2) is 42.5 Å². The molecule has 1 heterocycles. The maximum Gasteiger partial charge on any atom is 0.335 e. The van der Waals surface area contributed by atoms with Crippen LogP contribution in [0.2, 0.25) is 0 Å². The van der Waals surface area contributed by atoms with Crippen molar-refractivity contribution in [2.75, 3.05) is 4.90 Å². The molecule has 0 amide bonds. The Labute approximate surface area is 122 Å². The van der Waals surface area contributed by atoms with E-state index in [0.717, 1.165) is 18.2 Å². The van der Waals surface area contributed by atoms with Gasteiger partial charge in [-0.15, -0.1) is 0 Å². The number of carbonyl (C=O) groups is 1. The van der Waals surface area contributed by atoms with E-state index in [1.54, 1.807) is 6.07 Å². The predicted molar refractivity (Wildman–Crippen MR) is 79.2 cm³/mol. The van der Waals surface area contributed by atoms with Gasteiger partial charge in [-0.25, -0.2) is 9.18 Å². The van der Waals surface area contributed by atoms with E-state index in [1.807, 2.05) is 12.1 Å². The monoisotopic (exact) mass is 285 g/mol. The lowest BCUT2D eigenvalue weighted by atomic mass is 10.1. The van der Waals surface area contributed by atoms with Crippen molar-refractivity contribution < 1.29 is 14.3 Å². The zero-order valence-electron chi connectivity index (χ0n) is 11.7. The van der Waals surface area contributed by atoms with E-state index in [0.29, 0.717) is 18.2 Å². The summed E-state index contributed by atoms with van der Waals surface area (Å²) in [7, 11) is 0. The topological polar surface area (TPSA) is 40.5 Å². The van der Waals surface area contributed by atoms with Gasteiger partial charge in [-0.3, -0.25) is 0 Å². The maximum atomic E-state index is 13.6. The number of para-hydroxylation sites is 1. The maximum absolute atomic E-state index is 13.6. The zero-order chi connectivity index (χ0) is 15.0. The minimum Gasteiger partial charge on any atom is -0.478 e. The molecule has 1 aliphatic rings. The molecule has 0 bridgehead atoms. The Balaban J connectivity index is 1.92. The van der Waals surface area contributed by atoms with Gasteiger partial charge in [0, 0.05) is 18.3 Å². The van der Waals surface area contributed by atoms with Gasteiger partial charge in [0.1, 0.15) is 5.82 Å². The fourth-order valence-corrected chi connectivity index (χ4v) is 2.93. The Morgan fingerprint density at radius 3 is 2.86 bits per heavy atom. The quantitative estimate of drug-likeness (QED) is 0.938. The SMILES string of the molecule is CC1Cc2ccccc2N1Cc1cc(F)cc(C(=O)O)c1. The fraction of sp³-hybridized carbons (Fsp3) is 0.235. The number of aromatic carboxylic acids is 1. The van der Waals surface area contributed by atoms with Crippen molar-refractivity contribution in [2.24, 2.45) is 0 Å². The molecule has 0 fully saturated rings. The van der Waals surface area contributed by atoms with Crippen molar-refractivity contribution in [2.45, 2.75) is 25.9 Å². The minimum atomic E-state index is -1.11. The lowest BCUT2D eigenvalue weighted by Gasteiger charge is -2.25. The van der Waals surface area contributed by atoms with E-state index in [1.165, 1.54) is 11.6 Å². The summed E-state index contributed by atoms with van der Waals surface area (Å²) in [6.07, 6.45) is 0.956. The Morgan fingerprint density at radius 2 is 2.10 bits per heavy atom. The smallest absolute Gasteiger partial charge is 0.335 e. The molecular weight excluding hydrogens is 269 g/mol. The van der Waals surface area contributed by atoms with Crippen LogP contribution in [0.1, 0.15) is 28.4 Å². The molecule has 1 N–H and O–H groups in total. The molecule has 2 aromatic carbocycles. The molecule has 108 valence electrons. The Bertz CT molecular complexity index is 699. The van der Waals surface area contributed by atoms with Crippen molar-refractivity contribution in [3.8, 4) is 0 Å². The van der Waals surface area contributed by atoms with Crippen LogP contribution < -0.4 is 4.90 Å². The van der Waals surface area contributed by atoms with Gasteiger partial charge < -0.3 is 10.0 Å². The number of benzene rings is 2. The zero-order valence-corrected chi connectivity index (χ0v) is 11.7. The molecule has 0 saturated carbocycles. The van der Waals surface area contributed by atoms with Crippen molar-refractivity contribution in [3.05, 3.63) is 65.0 Å². The molecule has 3 nitrogen and oxygen atoms in total. The fourth-order valence-electron chi connectivity index (χ4n) is 2.93. The summed E-state index contributed by atoms with van der Waals surface area (Å²) in [5, 5.41) is 9.02. The normalized spacial score (nSPS) is 16.9. The number of nitrogens with zero attached hydrogens (tertiary/aromatic N) is 1. The van der Waals surface area contributed by atoms with E-state index in [4.69, 9.17) is 5.11 Å². The summed E-state index contributed by atoms with van der Waals surface area (Å²) in [6.45, 7) is 2.63. The van der Waals surface area contributed by atoms with E-state index >= 15 is 0 Å². The van der Waals surface area contributed by atoms with E-state index < -0.39 is 11.8 Å². The number of fused-ring (bicyclic) bond motifs is 1. The van der Waals surface area contributed by atoms with Gasteiger partial charge in [0.05, 0.1) is 5.56 Å². The van der Waals surface area contributed by atoms with Gasteiger partial charge in [-0.2, -0.15) is 0 Å². The van der Waals surface area contributed by atoms with Crippen molar-refractivity contribution in [1.82, 2.24) is 0 Å². The number of carboxylic acids is 1. The number of halogens is 1. The highest BCUT2D eigenvalue weighted by Crippen LogP contribution is 2.33. The molecule has 1 unspecified atom stereocenters. The summed E-state index contributed by atoms with van der Waals surface area (Å²) in [4.78, 5) is 13.2. The summed E-state index contributed by atoms with van der Waals surface area (Å²) >= 11 is 0. The third-order valence-corrected chi connectivity index (χ3v) is 3.91. The molecule has 3 rings (SSSR count). The largest absolute Gasteiger partial charge is 0.478 e. The Kier molecular flexibility index (Phi) is 3.37. The van der Waals surface area contributed by atoms with E-state index in [9.17, 15) is 9.18 Å². The van der Waals surface area contributed by atoms with Crippen LogP contribution >= 0.6 is 0 Å². The van der Waals surface area contributed by atoms with Gasteiger partial charge >= 0.3 is 5.97 Å². The van der Waals surface area contributed by atoms with Crippen molar-refractivity contribution in [3.63, 3.8) is 0 Å². The second-order valence-corrected chi connectivity index (χ2v) is 5.46. The number of anilines is 1. The molecule has 0 spiro atoms. The lowest BCUT2D eigenvalue weighted by Crippen LogP contribution is -2.28. The van der Waals surface area contributed by atoms with Crippen LogP contribution in [-0.4, -0.2) is 17.1 Å². The predicted octanol–water partition coefficient (Wildman–Crippen LogP) is 3.48. The molecular formula is C17H16FNO2. The second-order valence-electron chi connectivity index (χ2n) is 5.46. The molecule has 21 heavy (non-hydrogen) atoms. The summed E-state index contributed by atoms with van der Waals surface area (Å²) in [5.41, 5.74) is 3.09. The van der Waals surface area contributed by atoms with Crippen LogP contribution in [0.25, 0.3) is 0 Å². The first-order chi connectivity index (χ1) is 10.0. The number of rotatable bonds is 3. The standard InChI is InChI=1S/C17H16FNO2/c1-11-6-13-4-2-3-5-16(13)19(11)10-12-7-14(17(20)21)9-15(18)8-12/h2-5,7-9,11H,6,10H2,1H3,(H,20,21). The van der Waals surface area contributed by atoms with Crippen LogP contribution in [-0.2, 0) is 13.0 Å².